The Labute approximate surface area is 73.7 Å². The summed E-state index contributed by atoms with van der Waals surface area (Å²) < 4.78 is 34.1. The third-order valence-electron chi connectivity index (χ3n) is 0. The minimum Gasteiger partial charge on any atom is -0.894 e. The predicted molar refractivity (Wildman–Crippen MR) is 16.2 cm³/mol. The molecule has 0 fully saturated rings. The monoisotopic (exact) mass is 243 g/mol. The minimum absolute atomic E-state index is 0. The molecule has 11 heteroatoms. The summed E-state index contributed by atoms with van der Waals surface area (Å²) in [5, 5.41) is 0. The van der Waals surface area contributed by atoms with Crippen LogP contribution in [0.4, 0.5) is 0 Å². The second-order valence-corrected chi connectivity index (χ2v) is 2.72. The molecule has 0 aliphatic heterocycles. The molecule has 0 aromatic rings. The molecule has 0 heterocycles. The summed E-state index contributed by atoms with van der Waals surface area (Å²) in [4.78, 5) is 34.3. The molecule has 0 N–H and O–H groups in total. The molecule has 0 amide bonds. The second-order valence-electron chi connectivity index (χ2n) is 0.908. The van der Waals surface area contributed by atoms with E-state index in [1.165, 1.54) is 0 Å². The zero-order chi connectivity index (χ0) is 9.00. The summed E-state index contributed by atoms with van der Waals surface area (Å²) >= 11 is 0. The zero-order valence-electron chi connectivity index (χ0n) is 4.55. The molecule has 0 saturated carbocycles. The van der Waals surface area contributed by atoms with Gasteiger partial charge in [-0.05, 0) is 0 Å². The first-order chi connectivity index (χ1) is 4.00. The van der Waals surface area contributed by atoms with Gasteiger partial charge in [-0.1, -0.05) is 0 Å². The smallest absolute Gasteiger partial charge is 0.0311 e. The molecule has 8 nitrogen and oxygen atoms in total. The van der Waals surface area contributed by atoms with Gasteiger partial charge in [-0.3, -0.25) is 8.42 Å². The Morgan fingerprint density at radius 3 is 0.909 bits per heavy atom. The Kier molecular flexibility index (Phi) is 9.58. The van der Waals surface area contributed by atoms with Crippen LogP contribution in [0.2, 0.25) is 0 Å². The predicted octanol–water partition coefficient (Wildman–Crippen LogP) is -6.48. The van der Waals surface area contributed by atoms with Crippen LogP contribution >= 0.6 is 0 Å². The van der Waals surface area contributed by atoms with Gasteiger partial charge < -0.3 is 37.3 Å². The summed E-state index contributed by atoms with van der Waals surface area (Å²) in [6, 6.07) is 0. The van der Waals surface area contributed by atoms with E-state index in [4.69, 9.17) is 36.7 Å². The van der Waals surface area contributed by atoms with Gasteiger partial charge in [0, 0.05) is 27.5 Å². The van der Waals surface area contributed by atoms with E-state index < -0.39 is 19.4 Å². The van der Waals surface area contributed by atoms with E-state index in [1.807, 2.05) is 0 Å². The molecule has 0 aromatic carbocycles. The van der Waals surface area contributed by atoms with E-state index in [0.29, 0.717) is 0 Å². The maximum atomic E-state index is 8.58. The summed E-state index contributed by atoms with van der Waals surface area (Å²) in [6.45, 7) is 0. The van der Waals surface area contributed by atoms with Crippen molar-refractivity contribution in [1.29, 1.82) is 0 Å². The van der Waals surface area contributed by atoms with Crippen molar-refractivity contribution in [1.82, 2.24) is 0 Å². The van der Waals surface area contributed by atoms with Crippen LogP contribution in [0.15, 0.2) is 0 Å². The van der Waals surface area contributed by atoms with Crippen LogP contribution in [-0.4, -0.2) is 26.6 Å². The van der Waals surface area contributed by atoms with E-state index in [-0.39, 0.29) is 17.1 Å². The average molecular weight is 243 g/mol. The third-order valence-corrected chi connectivity index (χ3v) is 0. The molecule has 0 aliphatic carbocycles. The molecular weight excluding hydrogens is 243 g/mol. The van der Waals surface area contributed by atoms with Crippen molar-refractivity contribution in [2.75, 3.05) is 0 Å². The average Bonchev–Trinajstić information content (AvgIpc) is 1.12. The molecule has 0 spiro atoms. The first kappa shape index (κ1) is 17.5. The van der Waals surface area contributed by atoms with Crippen LogP contribution < -0.4 is 19.2 Å². The maximum Gasteiger partial charge on any atom is 0.0311 e. The van der Waals surface area contributed by atoms with Crippen molar-refractivity contribution in [3.05, 3.63) is 0 Å². The van der Waals surface area contributed by atoms with E-state index in [2.05, 4.69) is 0 Å². The van der Waals surface area contributed by atoms with E-state index in [9.17, 15) is 0 Å². The fraction of sp³-hybridized carbons (Fsp3) is 0. The molecule has 0 aliphatic rings. The molecule has 0 unspecified atom stereocenters. The normalized spacial score (nSPS) is 10.7. The molecule has 0 aromatic heterocycles. The molecule has 1 radical (unpaired) electrons. The first-order valence-electron chi connectivity index (χ1n) is 1.48. The van der Waals surface area contributed by atoms with Gasteiger partial charge in [0.2, 0.25) is 0 Å². The summed E-state index contributed by atoms with van der Waals surface area (Å²) in [5.74, 6) is 0. The van der Waals surface area contributed by atoms with Crippen LogP contribution in [0.5, 0.6) is 0 Å². The summed E-state index contributed by atoms with van der Waals surface area (Å²) in [5.41, 5.74) is 0. The standard InChI is InChI=1S/Mn.H2O4S.O4Si/c;2*1-5(2,3)4/h;(H2,1,2,3,4);/q;;-4/p-2. The largest absolute Gasteiger partial charge is 0.894 e. The Hall–Kier alpha value is 0.446. The van der Waals surface area contributed by atoms with Gasteiger partial charge in [0.05, 0.1) is 0 Å². The quantitative estimate of drug-likeness (QED) is 0.229. The Bertz CT molecular complexity index is 149. The van der Waals surface area contributed by atoms with Crippen LogP contribution in [0.3, 0.4) is 0 Å². The Morgan fingerprint density at radius 1 is 0.909 bits per heavy atom. The molecule has 71 valence electrons. The van der Waals surface area contributed by atoms with Crippen molar-refractivity contribution in [2.24, 2.45) is 0 Å². The van der Waals surface area contributed by atoms with Gasteiger partial charge >= 0.3 is 0 Å². The van der Waals surface area contributed by atoms with Gasteiger partial charge in [0.15, 0.2) is 0 Å². The number of rotatable bonds is 0. The maximum absolute atomic E-state index is 8.58. The van der Waals surface area contributed by atoms with Crippen molar-refractivity contribution >= 4 is 19.4 Å². The van der Waals surface area contributed by atoms with Crippen LogP contribution in [0.1, 0.15) is 0 Å². The van der Waals surface area contributed by atoms with Crippen LogP contribution in [0.25, 0.3) is 0 Å². The van der Waals surface area contributed by atoms with E-state index in [1.54, 1.807) is 0 Å². The van der Waals surface area contributed by atoms with Gasteiger partial charge in [0.25, 0.3) is 0 Å². The third kappa shape index (κ3) is 3740. The fourth-order valence-corrected chi connectivity index (χ4v) is 0. The topological polar surface area (TPSA) is 172 Å². The van der Waals surface area contributed by atoms with Crippen molar-refractivity contribution < 1.29 is 53.8 Å². The van der Waals surface area contributed by atoms with Crippen LogP contribution in [0, 0.1) is 0 Å². The second kappa shape index (κ2) is 6.02. The molecule has 0 atom stereocenters. The molecule has 0 saturated heterocycles. The van der Waals surface area contributed by atoms with Crippen molar-refractivity contribution in [3.63, 3.8) is 0 Å². The van der Waals surface area contributed by atoms with E-state index >= 15 is 0 Å². The van der Waals surface area contributed by atoms with Crippen molar-refractivity contribution in [3.8, 4) is 0 Å². The Morgan fingerprint density at radius 2 is 0.909 bits per heavy atom. The van der Waals surface area contributed by atoms with E-state index in [0.717, 1.165) is 0 Å². The van der Waals surface area contributed by atoms with Gasteiger partial charge in [-0.25, -0.2) is 0 Å². The zero-order valence-corrected chi connectivity index (χ0v) is 7.55. The molecule has 11 heavy (non-hydrogen) atoms. The fourth-order valence-electron chi connectivity index (χ4n) is 0. The number of hydrogen-bond donors (Lipinski definition) is 0. The van der Waals surface area contributed by atoms with Crippen LogP contribution in [-0.2, 0) is 27.5 Å². The van der Waals surface area contributed by atoms with Gasteiger partial charge in [-0.2, -0.15) is 0 Å². The molecular formula is MnO8SSi-6. The summed E-state index contributed by atoms with van der Waals surface area (Å²) in [6.07, 6.45) is 0. The first-order valence-corrected chi connectivity index (χ1v) is 4.45. The molecule has 0 bridgehead atoms. The van der Waals surface area contributed by atoms with Gasteiger partial charge in [-0.15, -0.1) is 0 Å². The SMILES string of the molecule is O=S(=O)([O-])[O-].[Mn].[O-][Si]([O-])([O-])[O-]. The molecule has 0 rings (SSSR count). The number of hydrogen-bond acceptors (Lipinski definition) is 8. The Balaban J connectivity index is -0.000000107. The minimum atomic E-state index is -5.61. The van der Waals surface area contributed by atoms with Gasteiger partial charge in [0.1, 0.15) is 0 Å². The van der Waals surface area contributed by atoms with Crippen molar-refractivity contribution in [2.45, 2.75) is 0 Å². The summed E-state index contributed by atoms with van der Waals surface area (Å²) in [7, 11) is -10.8.